The number of aliphatic hydroxyl groups excluding tert-OH is 1. The van der Waals surface area contributed by atoms with Crippen LogP contribution in [0.15, 0.2) is 30.3 Å². The molecule has 0 aliphatic rings. The van der Waals surface area contributed by atoms with Crippen molar-refractivity contribution < 1.29 is 14.6 Å². The van der Waals surface area contributed by atoms with Gasteiger partial charge in [0.25, 0.3) is 0 Å². The Hall–Kier alpha value is -1.59. The van der Waals surface area contributed by atoms with Crippen LogP contribution in [-0.2, 0) is 11.2 Å². The highest BCUT2D eigenvalue weighted by molar-refractivity contribution is 5.73. The third kappa shape index (κ3) is 7.43. The second-order valence-electron chi connectivity index (χ2n) is 4.32. The highest BCUT2D eigenvalue weighted by Gasteiger charge is 2.04. The predicted molar refractivity (Wildman–Crippen MR) is 74.0 cm³/mol. The van der Waals surface area contributed by atoms with E-state index in [4.69, 9.17) is 4.74 Å². The Morgan fingerprint density at radius 2 is 1.95 bits per heavy atom. The van der Waals surface area contributed by atoms with Crippen molar-refractivity contribution in [3.63, 3.8) is 0 Å². The lowest BCUT2D eigenvalue weighted by atomic mass is 10.1. The standard InChI is InChI=1S/C14H22N2O3/c1-19-11-13(17)8-10-16-14(18)15-9-7-12-5-3-2-4-6-12/h2-6,13,17H,7-11H2,1H3,(H2,15,16,18). The molecule has 0 heterocycles. The van der Waals surface area contributed by atoms with Crippen LogP contribution >= 0.6 is 0 Å². The van der Waals surface area contributed by atoms with Crippen molar-refractivity contribution in [3.8, 4) is 0 Å². The van der Waals surface area contributed by atoms with Crippen LogP contribution < -0.4 is 10.6 Å². The topological polar surface area (TPSA) is 70.6 Å². The second kappa shape index (κ2) is 9.35. The molecule has 106 valence electrons. The maximum Gasteiger partial charge on any atom is 0.314 e. The first kappa shape index (κ1) is 15.5. The molecule has 0 spiro atoms. The molecule has 0 aliphatic heterocycles. The molecule has 0 saturated heterocycles. The molecular formula is C14H22N2O3. The number of aliphatic hydroxyl groups is 1. The molecule has 0 bridgehead atoms. The molecule has 19 heavy (non-hydrogen) atoms. The van der Waals surface area contributed by atoms with Crippen LogP contribution in [0.3, 0.4) is 0 Å². The minimum absolute atomic E-state index is 0.208. The van der Waals surface area contributed by atoms with E-state index in [1.54, 1.807) is 0 Å². The van der Waals surface area contributed by atoms with Crippen LogP contribution in [0.2, 0.25) is 0 Å². The number of amides is 2. The van der Waals surface area contributed by atoms with Gasteiger partial charge in [-0.3, -0.25) is 0 Å². The largest absolute Gasteiger partial charge is 0.391 e. The van der Waals surface area contributed by atoms with E-state index in [1.165, 1.54) is 12.7 Å². The van der Waals surface area contributed by atoms with Crippen molar-refractivity contribution in [2.75, 3.05) is 26.8 Å². The number of carbonyl (C=O) groups is 1. The summed E-state index contributed by atoms with van der Waals surface area (Å²) in [6.45, 7) is 1.31. The Balaban J connectivity index is 2.05. The smallest absolute Gasteiger partial charge is 0.314 e. The molecule has 0 aliphatic carbocycles. The maximum atomic E-state index is 11.4. The van der Waals surface area contributed by atoms with Crippen LogP contribution in [0, 0.1) is 0 Å². The summed E-state index contributed by atoms with van der Waals surface area (Å²) in [4.78, 5) is 11.4. The highest BCUT2D eigenvalue weighted by Crippen LogP contribution is 1.97. The zero-order valence-electron chi connectivity index (χ0n) is 11.3. The fourth-order valence-electron chi connectivity index (χ4n) is 1.66. The Bertz CT molecular complexity index is 357. The number of ether oxygens (including phenoxy) is 1. The number of rotatable bonds is 8. The van der Waals surface area contributed by atoms with Gasteiger partial charge in [0.2, 0.25) is 0 Å². The lowest BCUT2D eigenvalue weighted by Crippen LogP contribution is -2.38. The maximum absolute atomic E-state index is 11.4. The number of urea groups is 1. The van der Waals surface area contributed by atoms with E-state index in [9.17, 15) is 9.90 Å². The van der Waals surface area contributed by atoms with Gasteiger partial charge in [0.1, 0.15) is 0 Å². The molecule has 2 amide bonds. The quantitative estimate of drug-likeness (QED) is 0.655. The molecule has 5 heteroatoms. The molecule has 0 saturated carbocycles. The van der Waals surface area contributed by atoms with Crippen molar-refractivity contribution in [1.82, 2.24) is 10.6 Å². The van der Waals surface area contributed by atoms with Crippen LogP contribution in [0.4, 0.5) is 4.79 Å². The molecule has 0 aromatic heterocycles. The van der Waals surface area contributed by atoms with Gasteiger partial charge in [-0.2, -0.15) is 0 Å². The predicted octanol–water partition coefficient (Wildman–Crippen LogP) is 0.926. The third-order valence-electron chi connectivity index (χ3n) is 2.66. The third-order valence-corrected chi connectivity index (χ3v) is 2.66. The van der Waals surface area contributed by atoms with Gasteiger partial charge in [-0.05, 0) is 18.4 Å². The molecule has 5 nitrogen and oxygen atoms in total. The monoisotopic (exact) mass is 266 g/mol. The second-order valence-corrected chi connectivity index (χ2v) is 4.32. The number of carbonyl (C=O) groups excluding carboxylic acids is 1. The molecular weight excluding hydrogens is 244 g/mol. The summed E-state index contributed by atoms with van der Waals surface area (Å²) in [5, 5.41) is 14.9. The minimum atomic E-state index is -0.533. The van der Waals surface area contributed by atoms with Crippen molar-refractivity contribution in [2.24, 2.45) is 0 Å². The van der Waals surface area contributed by atoms with E-state index >= 15 is 0 Å². The summed E-state index contributed by atoms with van der Waals surface area (Å²) in [6.07, 6.45) is 0.759. The van der Waals surface area contributed by atoms with E-state index in [2.05, 4.69) is 10.6 Å². The zero-order chi connectivity index (χ0) is 13.9. The Labute approximate surface area is 114 Å². The van der Waals surface area contributed by atoms with Crippen molar-refractivity contribution >= 4 is 6.03 Å². The fourth-order valence-corrected chi connectivity index (χ4v) is 1.66. The molecule has 1 aromatic rings. The van der Waals surface area contributed by atoms with Gasteiger partial charge in [0, 0.05) is 20.2 Å². The van der Waals surface area contributed by atoms with Crippen LogP contribution in [0.5, 0.6) is 0 Å². The summed E-state index contributed by atoms with van der Waals surface area (Å²) in [5.41, 5.74) is 1.19. The average Bonchev–Trinajstić information content (AvgIpc) is 2.40. The molecule has 1 atom stereocenters. The molecule has 3 N–H and O–H groups in total. The summed E-state index contributed by atoms with van der Waals surface area (Å²) >= 11 is 0. The summed E-state index contributed by atoms with van der Waals surface area (Å²) in [5.74, 6) is 0. The number of benzene rings is 1. The zero-order valence-corrected chi connectivity index (χ0v) is 11.3. The Morgan fingerprint density at radius 1 is 1.26 bits per heavy atom. The summed E-state index contributed by atoms with van der Waals surface area (Å²) < 4.78 is 4.80. The minimum Gasteiger partial charge on any atom is -0.391 e. The van der Waals surface area contributed by atoms with Crippen LogP contribution in [0.25, 0.3) is 0 Å². The first-order valence-electron chi connectivity index (χ1n) is 6.45. The summed E-state index contributed by atoms with van der Waals surface area (Å²) in [7, 11) is 1.53. The van der Waals surface area contributed by atoms with E-state index in [-0.39, 0.29) is 12.6 Å². The molecule has 1 aromatic carbocycles. The lowest BCUT2D eigenvalue weighted by molar-refractivity contribution is 0.0599. The molecule has 0 radical (unpaired) electrons. The average molecular weight is 266 g/mol. The van der Waals surface area contributed by atoms with Gasteiger partial charge in [-0.15, -0.1) is 0 Å². The van der Waals surface area contributed by atoms with Gasteiger partial charge >= 0.3 is 6.03 Å². The Morgan fingerprint density at radius 3 is 2.63 bits per heavy atom. The molecule has 1 rings (SSSR count). The first-order valence-corrected chi connectivity index (χ1v) is 6.45. The molecule has 1 unspecified atom stereocenters. The van der Waals surface area contributed by atoms with Crippen molar-refractivity contribution in [2.45, 2.75) is 18.9 Å². The summed E-state index contributed by atoms with van der Waals surface area (Å²) in [6, 6.07) is 9.77. The van der Waals surface area contributed by atoms with Gasteiger partial charge in [0.15, 0.2) is 0 Å². The van der Waals surface area contributed by atoms with E-state index in [0.29, 0.717) is 19.5 Å². The van der Waals surface area contributed by atoms with Crippen LogP contribution in [-0.4, -0.2) is 44.0 Å². The lowest BCUT2D eigenvalue weighted by Gasteiger charge is -2.11. The van der Waals surface area contributed by atoms with E-state index in [0.717, 1.165) is 6.42 Å². The van der Waals surface area contributed by atoms with E-state index < -0.39 is 6.10 Å². The van der Waals surface area contributed by atoms with Gasteiger partial charge in [-0.25, -0.2) is 4.79 Å². The van der Waals surface area contributed by atoms with Gasteiger partial charge in [-0.1, -0.05) is 30.3 Å². The Kier molecular flexibility index (Phi) is 7.62. The SMILES string of the molecule is COCC(O)CCNC(=O)NCCc1ccccc1. The number of hydrogen-bond acceptors (Lipinski definition) is 3. The van der Waals surface area contributed by atoms with Gasteiger partial charge in [0.05, 0.1) is 12.7 Å². The number of methoxy groups -OCH3 is 1. The van der Waals surface area contributed by atoms with Crippen molar-refractivity contribution in [3.05, 3.63) is 35.9 Å². The number of hydrogen-bond donors (Lipinski definition) is 3. The van der Waals surface area contributed by atoms with Gasteiger partial charge < -0.3 is 20.5 Å². The van der Waals surface area contributed by atoms with Crippen LogP contribution in [0.1, 0.15) is 12.0 Å². The number of nitrogens with one attached hydrogen (secondary N) is 2. The highest BCUT2D eigenvalue weighted by atomic mass is 16.5. The van der Waals surface area contributed by atoms with Crippen molar-refractivity contribution in [1.29, 1.82) is 0 Å². The van der Waals surface area contributed by atoms with E-state index in [1.807, 2.05) is 30.3 Å². The fraction of sp³-hybridized carbons (Fsp3) is 0.500. The molecule has 0 fully saturated rings. The first-order chi connectivity index (χ1) is 9.22. The normalized spacial score (nSPS) is 11.9.